The van der Waals surface area contributed by atoms with Gasteiger partial charge in [-0.2, -0.15) is 4.73 Å². The molecule has 4 heterocycles. The number of carbonyl (C=O) groups is 2. The van der Waals surface area contributed by atoms with Crippen LogP contribution in [0.2, 0.25) is 0 Å². The number of imidazole rings is 1. The van der Waals surface area contributed by atoms with Gasteiger partial charge in [0.2, 0.25) is 5.88 Å². The average molecular weight is 533 g/mol. The Balaban J connectivity index is 1.05. The van der Waals surface area contributed by atoms with Gasteiger partial charge in [0, 0.05) is 44.0 Å². The van der Waals surface area contributed by atoms with E-state index in [0.29, 0.717) is 36.9 Å². The number of benzene rings is 1. The van der Waals surface area contributed by atoms with Gasteiger partial charge in [0.15, 0.2) is 0 Å². The van der Waals surface area contributed by atoms with Crippen molar-refractivity contribution in [2.75, 3.05) is 38.1 Å². The third-order valence-electron chi connectivity index (χ3n) is 7.36. The molecule has 2 amide bonds. The second-order valence-electron chi connectivity index (χ2n) is 10.5. The van der Waals surface area contributed by atoms with Crippen LogP contribution in [0, 0.1) is 11.8 Å². The SMILES string of the molecule is CC1CCCN(Cc2ccc(C(=O)Nc3ccc(OC(=O)N4CCC(COn5ccnc5)CC4)nc3)cc2)C1. The summed E-state index contributed by atoms with van der Waals surface area (Å²) in [4.78, 5) is 43.3. The van der Waals surface area contributed by atoms with E-state index >= 15 is 0 Å². The van der Waals surface area contributed by atoms with Crippen molar-refractivity contribution < 1.29 is 19.2 Å². The molecule has 39 heavy (non-hydrogen) atoms. The molecule has 1 unspecified atom stereocenters. The van der Waals surface area contributed by atoms with Gasteiger partial charge in [-0.3, -0.25) is 9.69 Å². The van der Waals surface area contributed by atoms with E-state index in [1.54, 1.807) is 40.5 Å². The molecule has 1 N–H and O–H groups in total. The normalized spacial score (nSPS) is 18.5. The zero-order chi connectivity index (χ0) is 27.0. The van der Waals surface area contributed by atoms with Gasteiger partial charge >= 0.3 is 6.09 Å². The molecule has 0 aliphatic carbocycles. The summed E-state index contributed by atoms with van der Waals surface area (Å²) >= 11 is 0. The van der Waals surface area contributed by atoms with Crippen LogP contribution < -0.4 is 14.9 Å². The number of nitrogens with zero attached hydrogens (tertiary/aromatic N) is 5. The van der Waals surface area contributed by atoms with Crippen molar-refractivity contribution in [3.63, 3.8) is 0 Å². The Kier molecular flexibility index (Phi) is 8.72. The molecule has 2 aliphatic rings. The van der Waals surface area contributed by atoms with E-state index in [1.165, 1.54) is 24.6 Å². The fourth-order valence-electron chi connectivity index (χ4n) is 5.12. The molecule has 3 aromatic rings. The molecule has 1 aromatic carbocycles. The maximum Gasteiger partial charge on any atom is 0.416 e. The Morgan fingerprint density at radius 2 is 1.87 bits per heavy atom. The largest absolute Gasteiger partial charge is 0.416 e. The molecule has 10 heteroatoms. The van der Waals surface area contributed by atoms with E-state index in [0.717, 1.165) is 38.4 Å². The lowest BCUT2D eigenvalue weighted by molar-refractivity contribution is 0.0540. The van der Waals surface area contributed by atoms with Gasteiger partial charge in [-0.25, -0.2) is 14.8 Å². The highest BCUT2D eigenvalue weighted by molar-refractivity contribution is 6.04. The molecule has 2 aromatic heterocycles. The molecular formula is C29H36N6O4. The van der Waals surface area contributed by atoms with E-state index in [4.69, 9.17) is 9.57 Å². The third-order valence-corrected chi connectivity index (χ3v) is 7.36. The number of amides is 2. The number of pyridine rings is 1. The summed E-state index contributed by atoms with van der Waals surface area (Å²) in [7, 11) is 0. The lowest BCUT2D eigenvalue weighted by Gasteiger charge is -2.30. The minimum Gasteiger partial charge on any atom is -0.413 e. The number of anilines is 1. The summed E-state index contributed by atoms with van der Waals surface area (Å²) in [6, 6.07) is 11.0. The van der Waals surface area contributed by atoms with Crippen molar-refractivity contribution in [1.29, 1.82) is 0 Å². The number of rotatable bonds is 8. The third kappa shape index (κ3) is 7.57. The Morgan fingerprint density at radius 1 is 1.05 bits per heavy atom. The number of hydrogen-bond donors (Lipinski definition) is 1. The van der Waals surface area contributed by atoms with Crippen LogP contribution in [0.5, 0.6) is 5.88 Å². The summed E-state index contributed by atoms with van der Waals surface area (Å²) in [5.74, 6) is 1.09. The number of nitrogens with one attached hydrogen (secondary N) is 1. The first kappa shape index (κ1) is 26.7. The summed E-state index contributed by atoms with van der Waals surface area (Å²) in [5, 5.41) is 2.86. The number of aromatic nitrogens is 3. The van der Waals surface area contributed by atoms with Crippen LogP contribution in [0.3, 0.4) is 0 Å². The Bertz CT molecular complexity index is 1210. The Morgan fingerprint density at radius 3 is 2.56 bits per heavy atom. The molecule has 0 bridgehead atoms. The molecule has 0 radical (unpaired) electrons. The van der Waals surface area contributed by atoms with Gasteiger partial charge in [0.05, 0.1) is 18.1 Å². The standard InChI is InChI=1S/C29H36N6O4/c1-22-3-2-13-33(18-22)19-23-4-6-25(7-5-23)28(36)32-26-8-9-27(31-17-26)39-29(37)34-14-10-24(11-15-34)20-38-35-16-12-30-21-35/h4-9,12,16-17,21-22,24H,2-3,10-11,13-15,18-20H2,1H3,(H,32,36). The topological polar surface area (TPSA) is 102 Å². The quantitative estimate of drug-likeness (QED) is 0.466. The first-order chi connectivity index (χ1) is 19.0. The average Bonchev–Trinajstić information content (AvgIpc) is 3.47. The van der Waals surface area contributed by atoms with E-state index in [1.807, 2.05) is 24.3 Å². The van der Waals surface area contributed by atoms with Gasteiger partial charge in [-0.05, 0) is 67.8 Å². The summed E-state index contributed by atoms with van der Waals surface area (Å²) in [6.07, 6.45) is 10.3. The van der Waals surface area contributed by atoms with Gasteiger partial charge in [0.25, 0.3) is 5.91 Å². The highest BCUT2D eigenvalue weighted by Gasteiger charge is 2.25. The van der Waals surface area contributed by atoms with Gasteiger partial charge in [-0.15, -0.1) is 0 Å². The number of piperidine rings is 2. The molecule has 1 atom stereocenters. The smallest absolute Gasteiger partial charge is 0.413 e. The predicted octanol–water partition coefficient (Wildman–Crippen LogP) is 4.10. The zero-order valence-corrected chi connectivity index (χ0v) is 22.4. The Hall–Kier alpha value is -3.92. The lowest BCUT2D eigenvalue weighted by atomic mass is 9.98. The van der Waals surface area contributed by atoms with Crippen molar-refractivity contribution in [1.82, 2.24) is 24.5 Å². The molecule has 0 spiro atoms. The molecular weight excluding hydrogens is 496 g/mol. The number of carbonyl (C=O) groups excluding carboxylic acids is 2. The summed E-state index contributed by atoms with van der Waals surface area (Å²) < 4.78 is 7.04. The van der Waals surface area contributed by atoms with Crippen LogP contribution in [-0.4, -0.2) is 69.3 Å². The first-order valence-corrected chi connectivity index (χ1v) is 13.7. The van der Waals surface area contributed by atoms with Crippen LogP contribution in [0.15, 0.2) is 61.3 Å². The van der Waals surface area contributed by atoms with Crippen LogP contribution >= 0.6 is 0 Å². The highest BCUT2D eigenvalue weighted by atomic mass is 16.7. The molecule has 2 aliphatic heterocycles. The van der Waals surface area contributed by atoms with Crippen LogP contribution in [-0.2, 0) is 6.54 Å². The van der Waals surface area contributed by atoms with Crippen LogP contribution in [0.4, 0.5) is 10.5 Å². The van der Waals surface area contributed by atoms with E-state index in [9.17, 15) is 9.59 Å². The van der Waals surface area contributed by atoms with Crippen molar-refractivity contribution in [3.8, 4) is 5.88 Å². The second-order valence-corrected chi connectivity index (χ2v) is 10.5. The monoisotopic (exact) mass is 532 g/mol. The number of ether oxygens (including phenoxy) is 1. The Labute approximate surface area is 228 Å². The maximum absolute atomic E-state index is 12.7. The minimum absolute atomic E-state index is 0.194. The first-order valence-electron chi connectivity index (χ1n) is 13.7. The molecule has 10 nitrogen and oxygen atoms in total. The summed E-state index contributed by atoms with van der Waals surface area (Å²) in [6.45, 7) is 7.25. The fourth-order valence-corrected chi connectivity index (χ4v) is 5.12. The molecule has 2 fully saturated rings. The highest BCUT2D eigenvalue weighted by Crippen LogP contribution is 2.20. The van der Waals surface area contributed by atoms with E-state index < -0.39 is 6.09 Å². The predicted molar refractivity (Wildman–Crippen MR) is 146 cm³/mol. The number of hydrogen-bond acceptors (Lipinski definition) is 7. The minimum atomic E-state index is -0.424. The molecule has 0 saturated carbocycles. The zero-order valence-electron chi connectivity index (χ0n) is 22.4. The van der Waals surface area contributed by atoms with Crippen LogP contribution in [0.25, 0.3) is 0 Å². The van der Waals surface area contributed by atoms with Gasteiger partial charge < -0.3 is 19.8 Å². The lowest BCUT2D eigenvalue weighted by Crippen LogP contribution is -2.41. The van der Waals surface area contributed by atoms with Crippen molar-refractivity contribution in [2.24, 2.45) is 11.8 Å². The molecule has 206 valence electrons. The van der Waals surface area contributed by atoms with Gasteiger partial charge in [-0.1, -0.05) is 19.1 Å². The van der Waals surface area contributed by atoms with E-state index in [2.05, 4.69) is 27.1 Å². The van der Waals surface area contributed by atoms with Crippen molar-refractivity contribution >= 4 is 17.7 Å². The van der Waals surface area contributed by atoms with Crippen LogP contribution in [0.1, 0.15) is 48.5 Å². The van der Waals surface area contributed by atoms with Gasteiger partial charge in [0.1, 0.15) is 12.9 Å². The maximum atomic E-state index is 12.7. The van der Waals surface area contributed by atoms with Crippen molar-refractivity contribution in [3.05, 3.63) is 72.4 Å². The van der Waals surface area contributed by atoms with Crippen molar-refractivity contribution in [2.45, 2.75) is 39.2 Å². The second kappa shape index (κ2) is 12.8. The molecule has 5 rings (SSSR count). The summed E-state index contributed by atoms with van der Waals surface area (Å²) in [5.41, 5.74) is 2.32. The van der Waals surface area contributed by atoms with E-state index in [-0.39, 0.29) is 11.8 Å². The number of likely N-dealkylation sites (tertiary alicyclic amines) is 2. The molecule has 2 saturated heterocycles. The fraction of sp³-hybridized carbons (Fsp3) is 0.448.